The average molecular weight is 907 g/mol. The second-order valence-electron chi connectivity index (χ2n) is 16.0. The normalized spacial score (nSPS) is 14.3. The Morgan fingerprint density at radius 1 is 0.547 bits per heavy atom. The molecule has 0 bridgehead atoms. The van der Waals surface area contributed by atoms with Gasteiger partial charge in [0, 0.05) is 51.5 Å². The van der Waals surface area contributed by atoms with Crippen LogP contribution in [0.2, 0.25) is 0 Å². The summed E-state index contributed by atoms with van der Waals surface area (Å²) in [5.74, 6) is -0.227. The van der Waals surface area contributed by atoms with Crippen LogP contribution in [0.25, 0.3) is 0 Å². The summed E-state index contributed by atoms with van der Waals surface area (Å²) < 4.78 is 73.0. The average Bonchev–Trinajstić information content (AvgIpc) is 3.50. The van der Waals surface area contributed by atoms with Gasteiger partial charge in [-0.2, -0.15) is 0 Å². The van der Waals surface area contributed by atoms with Gasteiger partial charge in [0.1, 0.15) is 25.6 Å². The van der Waals surface area contributed by atoms with E-state index in [1.807, 2.05) is 71.0 Å². The summed E-state index contributed by atoms with van der Waals surface area (Å²) in [6.07, 6.45) is 0.350. The van der Waals surface area contributed by atoms with Crippen molar-refractivity contribution < 1.29 is 71.0 Å². The van der Waals surface area contributed by atoms with E-state index < -0.39 is 18.3 Å². The van der Waals surface area contributed by atoms with Crippen molar-refractivity contribution in [2.75, 3.05) is 133 Å². The number of carbonyl (C=O) groups is 2. The predicted molar refractivity (Wildman–Crippen MR) is 241 cm³/mol. The standard InChI is InChI=1S/C46H75BN2O15/c1-37-32-39(35-60-42(50)12-14-48-16-18-54-24-26-58-30-28-56-22-20-52-6)44(62-34-38-8-10-41(11-9-38)47-63-45(2,3)46(4,5)64-47)40(33-37)36-61-43(51)13-15-49-17-19-55-25-27-59-31-29-57-23-21-53-7/h8-11,32-33,48-49H,12-31,34-36H2,1-7H3. The van der Waals surface area contributed by atoms with Gasteiger partial charge >= 0.3 is 19.1 Å². The van der Waals surface area contributed by atoms with Gasteiger partial charge in [0.15, 0.2) is 0 Å². The lowest BCUT2D eigenvalue weighted by atomic mass is 9.79. The molecule has 1 aliphatic heterocycles. The van der Waals surface area contributed by atoms with Crippen LogP contribution >= 0.6 is 0 Å². The number of aryl methyl sites for hydroxylation is 1. The van der Waals surface area contributed by atoms with Gasteiger partial charge in [-0.15, -0.1) is 0 Å². The van der Waals surface area contributed by atoms with E-state index in [0.29, 0.717) is 136 Å². The molecule has 18 heteroatoms. The van der Waals surface area contributed by atoms with Gasteiger partial charge < -0.3 is 72.0 Å². The number of nitrogens with one attached hydrogen (secondary N) is 2. The largest absolute Gasteiger partial charge is 0.494 e. The van der Waals surface area contributed by atoms with Crippen molar-refractivity contribution in [2.45, 2.75) is 78.5 Å². The number of hydrogen-bond donors (Lipinski definition) is 2. The van der Waals surface area contributed by atoms with Crippen LogP contribution in [-0.4, -0.2) is 163 Å². The molecular weight excluding hydrogens is 831 g/mol. The first-order valence-electron chi connectivity index (χ1n) is 22.3. The third-order valence-corrected chi connectivity index (χ3v) is 10.3. The van der Waals surface area contributed by atoms with Crippen LogP contribution in [0, 0.1) is 6.92 Å². The van der Waals surface area contributed by atoms with Crippen LogP contribution in [0.3, 0.4) is 0 Å². The molecule has 0 aliphatic carbocycles. The molecule has 0 spiro atoms. The van der Waals surface area contributed by atoms with E-state index in [9.17, 15) is 9.59 Å². The molecule has 1 aliphatic rings. The molecule has 0 unspecified atom stereocenters. The minimum Gasteiger partial charge on any atom is -0.488 e. The van der Waals surface area contributed by atoms with Crippen molar-refractivity contribution in [1.29, 1.82) is 0 Å². The molecule has 17 nitrogen and oxygen atoms in total. The third kappa shape index (κ3) is 22.8. The Morgan fingerprint density at radius 3 is 1.34 bits per heavy atom. The van der Waals surface area contributed by atoms with Crippen molar-refractivity contribution in [3.63, 3.8) is 0 Å². The Hall–Kier alpha value is -3.24. The van der Waals surface area contributed by atoms with Gasteiger partial charge in [-0.3, -0.25) is 9.59 Å². The van der Waals surface area contributed by atoms with Crippen LogP contribution in [0.15, 0.2) is 36.4 Å². The summed E-state index contributed by atoms with van der Waals surface area (Å²) in [6, 6.07) is 11.7. The molecule has 1 saturated heterocycles. The Bertz CT molecular complexity index is 1480. The van der Waals surface area contributed by atoms with Crippen molar-refractivity contribution in [3.05, 3.63) is 58.7 Å². The number of benzene rings is 2. The summed E-state index contributed by atoms with van der Waals surface area (Å²) in [6.45, 7) is 19.3. The first-order valence-corrected chi connectivity index (χ1v) is 22.3. The summed E-state index contributed by atoms with van der Waals surface area (Å²) in [5.41, 5.74) is 3.15. The van der Waals surface area contributed by atoms with Crippen molar-refractivity contribution in [2.24, 2.45) is 0 Å². The quantitative estimate of drug-likeness (QED) is 0.0570. The molecule has 0 amide bonds. The molecule has 1 fully saturated rings. The first-order chi connectivity index (χ1) is 31.0. The predicted octanol–water partition coefficient (Wildman–Crippen LogP) is 3.31. The van der Waals surface area contributed by atoms with E-state index in [1.165, 1.54) is 0 Å². The molecule has 2 aromatic rings. The summed E-state index contributed by atoms with van der Waals surface area (Å²) in [7, 11) is 2.79. The van der Waals surface area contributed by atoms with E-state index in [4.69, 9.17) is 61.4 Å². The highest BCUT2D eigenvalue weighted by Crippen LogP contribution is 2.36. The van der Waals surface area contributed by atoms with Crippen LogP contribution in [0.1, 0.15) is 62.8 Å². The van der Waals surface area contributed by atoms with Crippen molar-refractivity contribution in [3.8, 4) is 5.75 Å². The van der Waals surface area contributed by atoms with Crippen molar-refractivity contribution in [1.82, 2.24) is 10.6 Å². The van der Waals surface area contributed by atoms with E-state index >= 15 is 0 Å². The number of esters is 2. The fourth-order valence-corrected chi connectivity index (χ4v) is 5.98. The number of carbonyl (C=O) groups excluding carboxylic acids is 2. The molecule has 1 heterocycles. The fraction of sp³-hybridized carbons (Fsp3) is 0.696. The maximum atomic E-state index is 12.8. The zero-order valence-corrected chi connectivity index (χ0v) is 39.4. The zero-order valence-electron chi connectivity index (χ0n) is 39.4. The number of ether oxygens (including phenoxy) is 11. The molecule has 0 radical (unpaired) electrons. The van der Waals surface area contributed by atoms with Crippen LogP contribution in [-0.2, 0) is 86.1 Å². The number of rotatable bonds is 38. The lowest BCUT2D eigenvalue weighted by Gasteiger charge is -2.32. The SMILES string of the molecule is COCCOCCOCCOCCNCCC(=O)OCc1cc(C)cc(COC(=O)CCNCCOCCOCCOCCOC)c1OCc1ccc(B2OC(C)(C)C(C)(C)O2)cc1. The Kier molecular flexibility index (Phi) is 27.9. The van der Waals surface area contributed by atoms with Crippen molar-refractivity contribution >= 4 is 24.5 Å². The maximum absolute atomic E-state index is 12.8. The number of hydrogen-bond acceptors (Lipinski definition) is 17. The minimum absolute atomic E-state index is 0.0143. The second-order valence-corrected chi connectivity index (χ2v) is 16.0. The highest BCUT2D eigenvalue weighted by atomic mass is 16.7. The smallest absolute Gasteiger partial charge is 0.488 e. The highest BCUT2D eigenvalue weighted by molar-refractivity contribution is 6.62. The third-order valence-electron chi connectivity index (χ3n) is 10.3. The molecule has 0 saturated carbocycles. The number of methoxy groups -OCH3 is 2. The molecule has 2 N–H and O–H groups in total. The molecule has 2 aromatic carbocycles. The van der Waals surface area contributed by atoms with E-state index in [2.05, 4.69) is 10.6 Å². The summed E-state index contributed by atoms with van der Waals surface area (Å²) >= 11 is 0. The minimum atomic E-state index is -0.479. The Morgan fingerprint density at radius 2 is 0.938 bits per heavy atom. The Labute approximate surface area is 381 Å². The van der Waals surface area contributed by atoms with E-state index in [1.54, 1.807) is 14.2 Å². The topological polar surface area (TPSA) is 178 Å². The Balaban J connectivity index is 1.46. The summed E-state index contributed by atoms with van der Waals surface area (Å²) in [4.78, 5) is 25.6. The molecule has 0 atom stereocenters. The highest BCUT2D eigenvalue weighted by Gasteiger charge is 2.51. The van der Waals surface area contributed by atoms with Crippen LogP contribution in [0.4, 0.5) is 0 Å². The zero-order chi connectivity index (χ0) is 46.3. The van der Waals surface area contributed by atoms with E-state index in [0.717, 1.165) is 16.6 Å². The van der Waals surface area contributed by atoms with Gasteiger partial charge in [-0.05, 0) is 57.8 Å². The van der Waals surface area contributed by atoms with Gasteiger partial charge in [-0.25, -0.2) is 0 Å². The molecular formula is C46H75BN2O15. The lowest BCUT2D eigenvalue weighted by Crippen LogP contribution is -2.41. The molecule has 362 valence electrons. The van der Waals surface area contributed by atoms with Crippen LogP contribution < -0.4 is 20.8 Å². The lowest BCUT2D eigenvalue weighted by molar-refractivity contribution is -0.145. The molecule has 0 aromatic heterocycles. The monoisotopic (exact) mass is 907 g/mol. The second kappa shape index (κ2) is 32.4. The van der Waals surface area contributed by atoms with Gasteiger partial charge in [0.05, 0.1) is 117 Å². The molecule has 64 heavy (non-hydrogen) atoms. The van der Waals surface area contributed by atoms with Gasteiger partial charge in [0.2, 0.25) is 0 Å². The van der Waals surface area contributed by atoms with Crippen LogP contribution in [0.5, 0.6) is 5.75 Å². The first kappa shape index (κ1) is 55.1. The van der Waals surface area contributed by atoms with Gasteiger partial charge in [-0.1, -0.05) is 29.8 Å². The van der Waals surface area contributed by atoms with E-state index in [-0.39, 0.29) is 44.6 Å². The van der Waals surface area contributed by atoms with Gasteiger partial charge in [0.25, 0.3) is 0 Å². The fourth-order valence-electron chi connectivity index (χ4n) is 5.98. The maximum Gasteiger partial charge on any atom is 0.494 e. The summed E-state index contributed by atoms with van der Waals surface area (Å²) in [5, 5.41) is 6.41. The molecule has 3 rings (SSSR count).